The van der Waals surface area contributed by atoms with Gasteiger partial charge in [-0.25, -0.2) is 8.42 Å². The van der Waals surface area contributed by atoms with Crippen molar-refractivity contribution in [3.63, 3.8) is 0 Å². The predicted octanol–water partition coefficient (Wildman–Crippen LogP) is 2.69. The standard InChI is InChI=1S/C8H6I2O3S/c1-5-2-3-6(8(9)11)4-7(5)14(10,12)13/h2-4H,1H3. The molecule has 3 nitrogen and oxygen atoms in total. The monoisotopic (exact) mass is 436 g/mol. The molecule has 0 fully saturated rings. The van der Waals surface area contributed by atoms with Gasteiger partial charge in [0.2, 0.25) is 10.8 Å². The van der Waals surface area contributed by atoms with Gasteiger partial charge in [0.25, 0.3) is 0 Å². The van der Waals surface area contributed by atoms with Crippen molar-refractivity contribution in [2.75, 3.05) is 0 Å². The summed E-state index contributed by atoms with van der Waals surface area (Å²) in [6.45, 7) is 1.70. The van der Waals surface area contributed by atoms with Crippen LogP contribution in [0.25, 0.3) is 0 Å². The van der Waals surface area contributed by atoms with Gasteiger partial charge in [-0.1, -0.05) is 12.1 Å². The van der Waals surface area contributed by atoms with E-state index in [-0.39, 0.29) is 8.69 Å². The van der Waals surface area contributed by atoms with Crippen LogP contribution in [0.1, 0.15) is 15.9 Å². The Morgan fingerprint density at radius 2 is 1.93 bits per heavy atom. The normalized spacial score (nSPS) is 11.4. The molecule has 0 aliphatic carbocycles. The van der Waals surface area contributed by atoms with E-state index < -0.39 is 7.01 Å². The molecule has 0 N–H and O–H groups in total. The van der Waals surface area contributed by atoms with Crippen molar-refractivity contribution in [1.29, 1.82) is 0 Å². The third-order valence-electron chi connectivity index (χ3n) is 1.68. The van der Waals surface area contributed by atoms with E-state index in [1.165, 1.54) is 27.3 Å². The lowest BCUT2D eigenvalue weighted by Crippen LogP contribution is -1.97. The van der Waals surface area contributed by atoms with Crippen molar-refractivity contribution in [1.82, 2.24) is 0 Å². The first-order valence-corrected chi connectivity index (χ1v) is 8.68. The Bertz CT molecular complexity index is 479. The Morgan fingerprint density at radius 3 is 2.36 bits per heavy atom. The molecule has 0 atom stereocenters. The third kappa shape index (κ3) is 2.89. The van der Waals surface area contributed by atoms with E-state index in [1.54, 1.807) is 41.6 Å². The average molecular weight is 436 g/mol. The first kappa shape index (κ1) is 12.4. The number of hydrogen-bond donors (Lipinski definition) is 0. The van der Waals surface area contributed by atoms with Gasteiger partial charge in [0.05, 0.1) is 26.1 Å². The van der Waals surface area contributed by atoms with Crippen LogP contribution in [0.5, 0.6) is 0 Å². The molecule has 1 aromatic rings. The summed E-state index contributed by atoms with van der Waals surface area (Å²) in [5, 5.41) is 0. The van der Waals surface area contributed by atoms with Crippen molar-refractivity contribution in [2.24, 2.45) is 0 Å². The van der Waals surface area contributed by atoms with Crippen LogP contribution in [0.3, 0.4) is 0 Å². The second kappa shape index (κ2) is 4.44. The number of carbonyl (C=O) groups excluding carboxylic acids is 1. The molecule has 0 heterocycles. The highest BCUT2D eigenvalue weighted by Gasteiger charge is 2.14. The van der Waals surface area contributed by atoms with Gasteiger partial charge in [-0.05, 0) is 18.6 Å². The lowest BCUT2D eigenvalue weighted by molar-refractivity contribution is 0.110. The van der Waals surface area contributed by atoms with E-state index in [0.29, 0.717) is 11.1 Å². The molecular formula is C8H6I2O3S. The fourth-order valence-electron chi connectivity index (χ4n) is 0.985. The van der Waals surface area contributed by atoms with Gasteiger partial charge in [-0.15, -0.1) is 0 Å². The fraction of sp³-hybridized carbons (Fsp3) is 0.125. The number of aryl methyl sites for hydroxylation is 1. The molecule has 0 radical (unpaired) electrons. The van der Waals surface area contributed by atoms with Gasteiger partial charge < -0.3 is 0 Å². The minimum Gasteiger partial charge on any atom is -0.282 e. The molecule has 76 valence electrons. The van der Waals surface area contributed by atoms with Crippen LogP contribution < -0.4 is 0 Å². The molecule has 0 bridgehead atoms. The van der Waals surface area contributed by atoms with Crippen LogP contribution >= 0.6 is 43.8 Å². The molecule has 1 aromatic carbocycles. The van der Waals surface area contributed by atoms with Gasteiger partial charge in [0.1, 0.15) is 0 Å². The Labute approximate surface area is 108 Å². The number of benzene rings is 1. The number of rotatable bonds is 2. The highest BCUT2D eigenvalue weighted by molar-refractivity contribution is 14.2. The van der Waals surface area contributed by atoms with Crippen LogP contribution in [0.2, 0.25) is 0 Å². The van der Waals surface area contributed by atoms with Crippen LogP contribution in [-0.2, 0) is 7.01 Å². The van der Waals surface area contributed by atoms with Crippen molar-refractivity contribution in [2.45, 2.75) is 11.8 Å². The molecule has 0 aliphatic heterocycles. The van der Waals surface area contributed by atoms with Crippen molar-refractivity contribution < 1.29 is 13.2 Å². The first-order chi connectivity index (χ1) is 6.32. The smallest absolute Gasteiger partial charge is 0.231 e. The van der Waals surface area contributed by atoms with Crippen molar-refractivity contribution >= 4 is 54.6 Å². The summed E-state index contributed by atoms with van der Waals surface area (Å²) in [5.41, 5.74) is 1.06. The van der Waals surface area contributed by atoms with Gasteiger partial charge in [0.15, 0.2) is 0 Å². The lowest BCUT2D eigenvalue weighted by Gasteiger charge is -2.03. The third-order valence-corrected chi connectivity index (χ3v) is 4.69. The first-order valence-electron chi connectivity index (χ1n) is 3.57. The Morgan fingerprint density at radius 1 is 1.36 bits per heavy atom. The summed E-state index contributed by atoms with van der Waals surface area (Å²) < 4.78 is 22.4. The van der Waals surface area contributed by atoms with Crippen LogP contribution in [0, 0.1) is 6.92 Å². The second-order valence-electron chi connectivity index (χ2n) is 2.69. The van der Waals surface area contributed by atoms with Gasteiger partial charge in [0, 0.05) is 28.2 Å². The Balaban J connectivity index is 3.44. The SMILES string of the molecule is Cc1ccc(C(=O)I)cc1S(=O)(=O)I. The fourth-order valence-corrected chi connectivity index (χ4v) is 3.46. The zero-order chi connectivity index (χ0) is 10.9. The van der Waals surface area contributed by atoms with E-state index in [9.17, 15) is 13.2 Å². The number of hydrogen-bond acceptors (Lipinski definition) is 3. The summed E-state index contributed by atoms with van der Waals surface area (Å²) in [6.07, 6.45) is 0. The topological polar surface area (TPSA) is 51.2 Å². The highest BCUT2D eigenvalue weighted by atomic mass is 127. The number of carbonyl (C=O) groups is 1. The predicted molar refractivity (Wildman–Crippen MR) is 70.7 cm³/mol. The quantitative estimate of drug-likeness (QED) is 0.530. The molecule has 14 heavy (non-hydrogen) atoms. The molecule has 0 aliphatic rings. The minimum atomic E-state index is -3.28. The van der Waals surface area contributed by atoms with Gasteiger partial charge >= 0.3 is 0 Å². The Hall–Kier alpha value is 0.300. The van der Waals surface area contributed by atoms with Gasteiger partial charge in [-0.3, -0.25) is 4.79 Å². The number of halogens is 2. The summed E-state index contributed by atoms with van der Waals surface area (Å²) in [5.74, 6) is 0. The highest BCUT2D eigenvalue weighted by Crippen LogP contribution is 2.23. The maximum Gasteiger partial charge on any atom is 0.231 e. The molecule has 0 saturated carbocycles. The van der Waals surface area contributed by atoms with Crippen LogP contribution in [0.4, 0.5) is 0 Å². The van der Waals surface area contributed by atoms with E-state index in [1.807, 2.05) is 0 Å². The Kier molecular flexibility index (Phi) is 3.92. The zero-order valence-electron chi connectivity index (χ0n) is 7.12. The van der Waals surface area contributed by atoms with Crippen molar-refractivity contribution in [3.8, 4) is 0 Å². The molecule has 0 spiro atoms. The molecule has 0 amide bonds. The van der Waals surface area contributed by atoms with E-state index in [0.717, 1.165) is 0 Å². The molecular weight excluding hydrogens is 430 g/mol. The maximum absolute atomic E-state index is 11.3. The summed E-state index contributed by atoms with van der Waals surface area (Å²) in [6, 6.07) is 4.67. The van der Waals surface area contributed by atoms with Crippen LogP contribution in [0.15, 0.2) is 23.1 Å². The average Bonchev–Trinajstić information content (AvgIpc) is 2.02. The molecule has 0 unspecified atom stereocenters. The van der Waals surface area contributed by atoms with Gasteiger partial charge in [-0.2, -0.15) is 0 Å². The molecule has 0 saturated heterocycles. The summed E-state index contributed by atoms with van der Waals surface area (Å²) >= 11 is 3.00. The van der Waals surface area contributed by atoms with E-state index in [4.69, 9.17) is 0 Å². The van der Waals surface area contributed by atoms with Crippen molar-refractivity contribution in [3.05, 3.63) is 29.3 Å². The summed E-state index contributed by atoms with van der Waals surface area (Å²) in [4.78, 5) is 11.2. The largest absolute Gasteiger partial charge is 0.282 e. The van der Waals surface area contributed by atoms with Crippen LogP contribution in [-0.4, -0.2) is 12.2 Å². The molecule has 1 rings (SSSR count). The zero-order valence-corrected chi connectivity index (χ0v) is 12.3. The lowest BCUT2D eigenvalue weighted by atomic mass is 10.2. The summed E-state index contributed by atoms with van der Waals surface area (Å²) in [7, 11) is -3.28. The minimum absolute atomic E-state index is 0.163. The maximum atomic E-state index is 11.3. The molecule has 6 heteroatoms. The molecule has 0 aromatic heterocycles. The second-order valence-corrected chi connectivity index (χ2v) is 8.47. The van der Waals surface area contributed by atoms with E-state index >= 15 is 0 Å². The van der Waals surface area contributed by atoms with E-state index in [2.05, 4.69) is 0 Å².